The molecule has 0 unspecified atom stereocenters. The average molecular weight is 392 g/mol. The number of hydrogen-bond acceptors (Lipinski definition) is 4. The van der Waals surface area contributed by atoms with E-state index in [4.69, 9.17) is 9.26 Å². The second kappa shape index (κ2) is 8.95. The van der Waals surface area contributed by atoms with Crippen molar-refractivity contribution >= 4 is 5.91 Å². The van der Waals surface area contributed by atoms with E-state index in [2.05, 4.69) is 45.0 Å². The number of aromatic nitrogens is 1. The minimum absolute atomic E-state index is 0.0302. The Morgan fingerprint density at radius 1 is 1.10 bits per heavy atom. The number of aryl methyl sites for hydroxylation is 2. The fourth-order valence-corrected chi connectivity index (χ4v) is 3.38. The average Bonchev–Trinajstić information content (AvgIpc) is 3.15. The zero-order valence-electron chi connectivity index (χ0n) is 17.7. The highest BCUT2D eigenvalue weighted by Crippen LogP contribution is 2.26. The van der Waals surface area contributed by atoms with Gasteiger partial charge in [0, 0.05) is 23.7 Å². The number of hydrogen-bond donors (Lipinski definition) is 0. The van der Waals surface area contributed by atoms with Crippen LogP contribution >= 0.6 is 0 Å². The Morgan fingerprint density at radius 3 is 2.45 bits per heavy atom. The van der Waals surface area contributed by atoms with Gasteiger partial charge in [-0.3, -0.25) is 4.79 Å². The molecule has 29 heavy (non-hydrogen) atoms. The van der Waals surface area contributed by atoms with E-state index in [1.54, 1.807) is 31.4 Å². The Hall–Kier alpha value is -3.08. The summed E-state index contributed by atoms with van der Waals surface area (Å²) >= 11 is 0. The van der Waals surface area contributed by atoms with E-state index in [1.165, 1.54) is 5.56 Å². The molecule has 5 nitrogen and oxygen atoms in total. The van der Waals surface area contributed by atoms with Crippen molar-refractivity contribution in [3.8, 4) is 17.1 Å². The lowest BCUT2D eigenvalue weighted by atomic mass is 10.0. The predicted octanol–water partition coefficient (Wildman–Crippen LogP) is 5.27. The lowest BCUT2D eigenvalue weighted by Gasteiger charge is -2.23. The minimum Gasteiger partial charge on any atom is -0.497 e. The van der Waals surface area contributed by atoms with E-state index in [-0.39, 0.29) is 5.91 Å². The van der Waals surface area contributed by atoms with Gasteiger partial charge in [0.15, 0.2) is 5.76 Å². The Labute approximate surface area is 172 Å². The maximum atomic E-state index is 13.1. The van der Waals surface area contributed by atoms with Crippen molar-refractivity contribution in [3.05, 3.63) is 70.9 Å². The van der Waals surface area contributed by atoms with Crippen LogP contribution in [0.3, 0.4) is 0 Å². The summed E-state index contributed by atoms with van der Waals surface area (Å²) in [6, 6.07) is 15.3. The van der Waals surface area contributed by atoms with Crippen LogP contribution < -0.4 is 4.74 Å². The van der Waals surface area contributed by atoms with Crippen molar-refractivity contribution < 1.29 is 14.1 Å². The number of benzene rings is 2. The molecule has 0 radical (unpaired) electrons. The molecule has 0 aliphatic carbocycles. The highest BCUT2D eigenvalue weighted by Gasteiger charge is 2.20. The predicted molar refractivity (Wildman–Crippen MR) is 114 cm³/mol. The van der Waals surface area contributed by atoms with Gasteiger partial charge in [-0.2, -0.15) is 0 Å². The zero-order chi connectivity index (χ0) is 21.0. The molecule has 0 saturated carbocycles. The molecule has 1 aromatic heterocycles. The quantitative estimate of drug-likeness (QED) is 0.550. The zero-order valence-corrected chi connectivity index (χ0v) is 17.7. The van der Waals surface area contributed by atoms with Gasteiger partial charge in [-0.1, -0.05) is 42.8 Å². The van der Waals surface area contributed by atoms with Crippen LogP contribution in [0.1, 0.15) is 41.0 Å². The van der Waals surface area contributed by atoms with Crippen LogP contribution in [0.4, 0.5) is 0 Å². The van der Waals surface area contributed by atoms with Crippen molar-refractivity contribution in [1.82, 2.24) is 10.1 Å². The second-order valence-electron chi connectivity index (χ2n) is 7.81. The van der Waals surface area contributed by atoms with Crippen molar-refractivity contribution in [2.24, 2.45) is 5.92 Å². The largest absolute Gasteiger partial charge is 0.497 e. The summed E-state index contributed by atoms with van der Waals surface area (Å²) in [5.74, 6) is 1.76. The lowest BCUT2D eigenvalue weighted by molar-refractivity contribution is 0.0718. The molecule has 0 N–H and O–H groups in total. The van der Waals surface area contributed by atoms with Gasteiger partial charge < -0.3 is 14.2 Å². The molecule has 3 aromatic rings. The number of ether oxygens (including phenoxy) is 1. The van der Waals surface area contributed by atoms with Crippen LogP contribution in [0.15, 0.2) is 53.1 Å². The first-order chi connectivity index (χ1) is 13.9. The van der Waals surface area contributed by atoms with Crippen LogP contribution in [-0.2, 0) is 6.54 Å². The summed E-state index contributed by atoms with van der Waals surface area (Å²) in [7, 11) is 1.61. The van der Waals surface area contributed by atoms with Gasteiger partial charge in [-0.25, -0.2) is 0 Å². The smallest absolute Gasteiger partial charge is 0.254 e. The summed E-state index contributed by atoms with van der Waals surface area (Å²) in [5, 5.41) is 4.22. The van der Waals surface area contributed by atoms with Crippen LogP contribution in [0.2, 0.25) is 0 Å². The van der Waals surface area contributed by atoms with E-state index in [0.29, 0.717) is 24.6 Å². The molecule has 2 aromatic carbocycles. The molecule has 1 amide bonds. The Kier molecular flexibility index (Phi) is 6.37. The molecule has 0 aliphatic heterocycles. The molecule has 1 heterocycles. The van der Waals surface area contributed by atoms with Gasteiger partial charge in [0.1, 0.15) is 11.4 Å². The Balaban J connectivity index is 1.81. The molecule has 152 valence electrons. The van der Waals surface area contributed by atoms with E-state index in [1.807, 2.05) is 17.0 Å². The first kappa shape index (κ1) is 20.6. The molecular formula is C24H28N2O3. The third kappa shape index (κ3) is 5.05. The molecule has 0 aliphatic rings. The molecule has 0 spiro atoms. The van der Waals surface area contributed by atoms with Crippen molar-refractivity contribution in [2.75, 3.05) is 13.7 Å². The summed E-state index contributed by atoms with van der Waals surface area (Å²) in [6.07, 6.45) is 0. The maximum Gasteiger partial charge on any atom is 0.254 e. The van der Waals surface area contributed by atoms with Gasteiger partial charge >= 0.3 is 0 Å². The van der Waals surface area contributed by atoms with Crippen molar-refractivity contribution in [3.63, 3.8) is 0 Å². The van der Waals surface area contributed by atoms with Gasteiger partial charge in [-0.15, -0.1) is 0 Å². The standard InChI is InChI=1S/C24H28N2O3/c1-16(2)14-26(24(27)19-7-9-21(28-5)10-8-19)15-20-13-23(29-25-20)22-11-6-17(3)12-18(22)4/h6-13,16H,14-15H2,1-5H3. The third-order valence-electron chi connectivity index (χ3n) is 4.77. The lowest BCUT2D eigenvalue weighted by Crippen LogP contribution is -2.33. The Morgan fingerprint density at radius 2 is 1.83 bits per heavy atom. The summed E-state index contributed by atoms with van der Waals surface area (Å²) in [4.78, 5) is 14.9. The van der Waals surface area contributed by atoms with Gasteiger partial charge in [0.2, 0.25) is 0 Å². The van der Waals surface area contributed by atoms with Crippen molar-refractivity contribution in [1.29, 1.82) is 0 Å². The van der Waals surface area contributed by atoms with Gasteiger partial charge in [0.25, 0.3) is 5.91 Å². The van der Waals surface area contributed by atoms with Crippen LogP contribution in [0.25, 0.3) is 11.3 Å². The van der Waals surface area contributed by atoms with Crippen molar-refractivity contribution in [2.45, 2.75) is 34.2 Å². The molecule has 0 atom stereocenters. The summed E-state index contributed by atoms with van der Waals surface area (Å²) in [5.41, 5.74) is 4.73. The van der Waals surface area contributed by atoms with Gasteiger partial charge in [0.05, 0.1) is 13.7 Å². The molecule has 0 saturated heterocycles. The van der Waals surface area contributed by atoms with E-state index >= 15 is 0 Å². The maximum absolute atomic E-state index is 13.1. The van der Waals surface area contributed by atoms with E-state index in [9.17, 15) is 4.79 Å². The SMILES string of the molecule is COc1ccc(C(=O)N(Cc2cc(-c3ccc(C)cc3C)on2)CC(C)C)cc1. The highest BCUT2D eigenvalue weighted by atomic mass is 16.5. The van der Waals surface area contributed by atoms with Crippen LogP contribution in [0, 0.1) is 19.8 Å². The summed E-state index contributed by atoms with van der Waals surface area (Å²) < 4.78 is 10.8. The molecule has 0 fully saturated rings. The monoisotopic (exact) mass is 392 g/mol. The normalized spacial score (nSPS) is 11.0. The molecule has 3 rings (SSSR count). The third-order valence-corrected chi connectivity index (χ3v) is 4.77. The Bertz CT molecular complexity index is 974. The van der Waals surface area contributed by atoms with E-state index in [0.717, 1.165) is 28.3 Å². The molecule has 0 bridgehead atoms. The van der Waals surface area contributed by atoms with E-state index < -0.39 is 0 Å². The number of carbonyl (C=O) groups excluding carboxylic acids is 1. The number of amides is 1. The van der Waals surface area contributed by atoms with Crippen LogP contribution in [-0.4, -0.2) is 29.6 Å². The number of carbonyl (C=O) groups is 1. The number of nitrogens with zero attached hydrogens (tertiary/aromatic N) is 2. The second-order valence-corrected chi connectivity index (χ2v) is 7.81. The fourth-order valence-electron chi connectivity index (χ4n) is 3.38. The molecular weight excluding hydrogens is 364 g/mol. The highest BCUT2D eigenvalue weighted by molar-refractivity contribution is 5.94. The first-order valence-electron chi connectivity index (χ1n) is 9.84. The van der Waals surface area contributed by atoms with Gasteiger partial charge in [-0.05, 0) is 49.6 Å². The number of rotatable bonds is 7. The number of methoxy groups -OCH3 is 1. The topological polar surface area (TPSA) is 55.6 Å². The summed E-state index contributed by atoms with van der Waals surface area (Å²) in [6.45, 7) is 9.35. The first-order valence-corrected chi connectivity index (χ1v) is 9.84. The minimum atomic E-state index is -0.0302. The fraction of sp³-hybridized carbons (Fsp3) is 0.333. The molecule has 5 heteroatoms. The van der Waals surface area contributed by atoms with Crippen LogP contribution in [0.5, 0.6) is 5.75 Å².